The molecule has 52 valence electrons. The number of rotatable bonds is 1. The van der Waals surface area contributed by atoms with E-state index < -0.39 is 0 Å². The van der Waals surface area contributed by atoms with Gasteiger partial charge in [0.15, 0.2) is 0 Å². The third-order valence-corrected chi connectivity index (χ3v) is 0.988. The van der Waals surface area contributed by atoms with E-state index in [9.17, 15) is 4.39 Å². The summed E-state index contributed by atoms with van der Waals surface area (Å²) in [4.78, 5) is 0. The van der Waals surface area contributed by atoms with Gasteiger partial charge in [-0.15, -0.1) is 0 Å². The van der Waals surface area contributed by atoms with E-state index in [0.717, 1.165) is 0 Å². The highest BCUT2D eigenvalue weighted by Gasteiger charge is 1.88. The second kappa shape index (κ2) is 3.28. The van der Waals surface area contributed by atoms with Crippen molar-refractivity contribution in [2.45, 2.75) is 20.8 Å². The average Bonchev–Trinajstić information content (AvgIpc) is 1.63. The van der Waals surface area contributed by atoms with E-state index in [2.05, 4.69) is 0 Å². The molecule has 0 bridgehead atoms. The van der Waals surface area contributed by atoms with Gasteiger partial charge in [0.25, 0.3) is 0 Å². The lowest BCUT2D eigenvalue weighted by atomic mass is 10.2. The molecule has 0 radical (unpaired) electrons. The molecule has 0 unspecified atom stereocenters. The molecule has 0 spiro atoms. The molecule has 0 aromatic heterocycles. The Kier molecular flexibility index (Phi) is 2.99. The summed E-state index contributed by atoms with van der Waals surface area (Å²) in [5.41, 5.74) is 6.51. The van der Waals surface area contributed by atoms with Crippen molar-refractivity contribution in [2.75, 3.05) is 0 Å². The normalized spacial score (nSPS) is 15.3. The minimum absolute atomic E-state index is 0.181. The van der Waals surface area contributed by atoms with Crippen LogP contribution in [0.1, 0.15) is 20.8 Å². The minimum atomic E-state index is -0.181. The predicted molar refractivity (Wildman–Crippen MR) is 37.4 cm³/mol. The molecule has 2 heteroatoms. The van der Waals surface area contributed by atoms with Gasteiger partial charge in [-0.2, -0.15) is 0 Å². The van der Waals surface area contributed by atoms with Gasteiger partial charge in [0.2, 0.25) is 0 Å². The van der Waals surface area contributed by atoms with Crippen LogP contribution in [0, 0.1) is 0 Å². The van der Waals surface area contributed by atoms with Crippen LogP contribution >= 0.6 is 0 Å². The maximum atomic E-state index is 12.2. The van der Waals surface area contributed by atoms with Crippen molar-refractivity contribution in [1.82, 2.24) is 0 Å². The Bertz CT molecular complexity index is 148. The molecule has 0 aromatic rings. The maximum absolute atomic E-state index is 12.2. The summed E-state index contributed by atoms with van der Waals surface area (Å²) in [7, 11) is 0. The molecule has 0 atom stereocenters. The number of halogens is 1. The van der Waals surface area contributed by atoms with Crippen molar-refractivity contribution in [3.8, 4) is 0 Å². The zero-order chi connectivity index (χ0) is 7.44. The Hall–Kier alpha value is -0.790. The Morgan fingerprint density at radius 2 is 1.78 bits per heavy atom. The van der Waals surface area contributed by atoms with Crippen LogP contribution in [0.25, 0.3) is 0 Å². The SMILES string of the molecule is C/C(N)=C\C(C)=C(/C)F. The summed E-state index contributed by atoms with van der Waals surface area (Å²) in [6.45, 7) is 4.83. The van der Waals surface area contributed by atoms with Gasteiger partial charge in [-0.05, 0) is 32.4 Å². The molecule has 0 aromatic carbocycles. The Morgan fingerprint density at radius 3 is 1.89 bits per heavy atom. The van der Waals surface area contributed by atoms with Crippen molar-refractivity contribution in [2.24, 2.45) is 5.73 Å². The van der Waals surface area contributed by atoms with Crippen molar-refractivity contribution in [3.05, 3.63) is 23.2 Å². The molecular formula is C7H12FN. The van der Waals surface area contributed by atoms with Gasteiger partial charge < -0.3 is 5.73 Å². The summed E-state index contributed by atoms with van der Waals surface area (Å²) in [5, 5.41) is 0. The number of hydrogen-bond donors (Lipinski definition) is 1. The van der Waals surface area contributed by atoms with Crippen LogP contribution in [0.3, 0.4) is 0 Å². The summed E-state index contributed by atoms with van der Waals surface area (Å²) in [6, 6.07) is 0. The number of allylic oxidation sites excluding steroid dienone is 4. The number of nitrogens with two attached hydrogens (primary N) is 1. The lowest BCUT2D eigenvalue weighted by Crippen LogP contribution is -1.90. The predicted octanol–water partition coefficient (Wildman–Crippen LogP) is 2.11. The zero-order valence-electron chi connectivity index (χ0n) is 6.03. The van der Waals surface area contributed by atoms with E-state index in [0.29, 0.717) is 11.3 Å². The summed E-state index contributed by atoms with van der Waals surface area (Å²) in [5.74, 6) is -0.181. The fraction of sp³-hybridized carbons (Fsp3) is 0.429. The van der Waals surface area contributed by atoms with Crippen molar-refractivity contribution >= 4 is 0 Å². The molecule has 0 saturated heterocycles. The van der Waals surface area contributed by atoms with E-state index >= 15 is 0 Å². The van der Waals surface area contributed by atoms with Gasteiger partial charge in [0.05, 0.1) is 5.83 Å². The first-order valence-corrected chi connectivity index (χ1v) is 2.81. The van der Waals surface area contributed by atoms with Crippen LogP contribution in [0.2, 0.25) is 0 Å². The highest BCUT2D eigenvalue weighted by molar-refractivity contribution is 5.20. The smallest absolute Gasteiger partial charge is 0.0998 e. The Balaban J connectivity index is 4.25. The second-order valence-electron chi connectivity index (χ2n) is 2.10. The van der Waals surface area contributed by atoms with Crippen molar-refractivity contribution in [3.63, 3.8) is 0 Å². The highest BCUT2D eigenvalue weighted by Crippen LogP contribution is 2.05. The molecule has 1 nitrogen and oxygen atoms in total. The fourth-order valence-electron chi connectivity index (χ4n) is 0.441. The molecule has 0 heterocycles. The Morgan fingerprint density at radius 1 is 1.33 bits per heavy atom. The van der Waals surface area contributed by atoms with Gasteiger partial charge in [0.1, 0.15) is 0 Å². The molecule has 9 heavy (non-hydrogen) atoms. The van der Waals surface area contributed by atoms with Crippen molar-refractivity contribution in [1.29, 1.82) is 0 Å². The van der Waals surface area contributed by atoms with Gasteiger partial charge >= 0.3 is 0 Å². The van der Waals surface area contributed by atoms with Crippen LogP contribution in [0.4, 0.5) is 4.39 Å². The first-order valence-electron chi connectivity index (χ1n) is 2.81. The van der Waals surface area contributed by atoms with E-state index in [1.165, 1.54) is 6.92 Å². The van der Waals surface area contributed by atoms with E-state index in [1.54, 1.807) is 19.9 Å². The zero-order valence-corrected chi connectivity index (χ0v) is 6.03. The van der Waals surface area contributed by atoms with E-state index in [4.69, 9.17) is 5.73 Å². The highest BCUT2D eigenvalue weighted by atomic mass is 19.1. The molecule has 2 N–H and O–H groups in total. The van der Waals surface area contributed by atoms with Gasteiger partial charge in [-0.1, -0.05) is 0 Å². The lowest BCUT2D eigenvalue weighted by molar-refractivity contribution is 0.631. The molecule has 0 saturated carbocycles. The van der Waals surface area contributed by atoms with Crippen LogP contribution in [-0.2, 0) is 0 Å². The fourth-order valence-corrected chi connectivity index (χ4v) is 0.441. The third kappa shape index (κ3) is 3.76. The first kappa shape index (κ1) is 8.21. The summed E-state index contributed by atoms with van der Waals surface area (Å²) < 4.78 is 12.2. The lowest BCUT2D eigenvalue weighted by Gasteiger charge is -1.92. The summed E-state index contributed by atoms with van der Waals surface area (Å²) >= 11 is 0. The van der Waals surface area contributed by atoms with Gasteiger partial charge in [0, 0.05) is 5.70 Å². The second-order valence-corrected chi connectivity index (χ2v) is 2.10. The monoisotopic (exact) mass is 129 g/mol. The average molecular weight is 129 g/mol. The Labute approximate surface area is 55.1 Å². The van der Waals surface area contributed by atoms with Crippen LogP contribution in [0.15, 0.2) is 23.2 Å². The first-order chi connectivity index (χ1) is 4.04. The van der Waals surface area contributed by atoms with Gasteiger partial charge in [-0.25, -0.2) is 4.39 Å². The van der Waals surface area contributed by atoms with Crippen LogP contribution in [-0.4, -0.2) is 0 Å². The minimum Gasteiger partial charge on any atom is -0.402 e. The van der Waals surface area contributed by atoms with Crippen molar-refractivity contribution < 1.29 is 4.39 Å². The largest absolute Gasteiger partial charge is 0.402 e. The topological polar surface area (TPSA) is 26.0 Å². The molecule has 0 rings (SSSR count). The molecule has 0 aliphatic carbocycles. The van der Waals surface area contributed by atoms with E-state index in [-0.39, 0.29) is 5.83 Å². The molecule has 0 aliphatic rings. The van der Waals surface area contributed by atoms with E-state index in [1.807, 2.05) is 0 Å². The molecule has 0 amide bonds. The summed E-state index contributed by atoms with van der Waals surface area (Å²) in [6.07, 6.45) is 1.61. The number of hydrogen-bond acceptors (Lipinski definition) is 1. The maximum Gasteiger partial charge on any atom is 0.0998 e. The standard InChI is InChI=1S/C7H12FN/c1-5(7(3)8)4-6(2)9/h4H,9H2,1-3H3/b6-4+,7-5+. The van der Waals surface area contributed by atoms with Gasteiger partial charge in [-0.3, -0.25) is 0 Å². The van der Waals surface area contributed by atoms with Crippen LogP contribution in [0.5, 0.6) is 0 Å². The third-order valence-electron chi connectivity index (χ3n) is 0.988. The molecular weight excluding hydrogens is 117 g/mol. The van der Waals surface area contributed by atoms with Crippen LogP contribution < -0.4 is 5.73 Å². The molecule has 0 aliphatic heterocycles. The molecule has 0 fully saturated rings. The quantitative estimate of drug-likeness (QED) is 0.539.